The standard InChI is InChI=1S/C21H21BrClN3O2S/c22-14-2-1-3-18(12-14)29(27,28)26-17-7-5-16(6-8-17)25-20-10-11-24-21-13-15(23)4-9-19(20)21/h1-4,9-13,16-17,26H,5-8H2,(H,24,25)/t16-,17+. The molecule has 1 aromatic heterocycles. The third-order valence-corrected chi connectivity index (χ3v) is 7.47. The normalized spacial score (nSPS) is 19.9. The van der Waals surface area contributed by atoms with E-state index in [2.05, 4.69) is 31.0 Å². The Labute approximate surface area is 184 Å². The van der Waals surface area contributed by atoms with Gasteiger partial charge in [0, 0.05) is 38.8 Å². The van der Waals surface area contributed by atoms with Gasteiger partial charge in [-0.2, -0.15) is 0 Å². The number of nitrogens with one attached hydrogen (secondary N) is 2. The van der Waals surface area contributed by atoms with Crippen molar-refractivity contribution in [3.8, 4) is 0 Å². The van der Waals surface area contributed by atoms with E-state index in [1.165, 1.54) is 0 Å². The van der Waals surface area contributed by atoms with Crippen molar-refractivity contribution in [2.24, 2.45) is 0 Å². The van der Waals surface area contributed by atoms with E-state index in [-0.39, 0.29) is 10.9 Å². The fourth-order valence-corrected chi connectivity index (χ4v) is 5.81. The van der Waals surface area contributed by atoms with Gasteiger partial charge in [0.1, 0.15) is 0 Å². The van der Waals surface area contributed by atoms with Gasteiger partial charge in [-0.1, -0.05) is 33.6 Å². The average Bonchev–Trinajstić information content (AvgIpc) is 2.69. The summed E-state index contributed by atoms with van der Waals surface area (Å²) in [4.78, 5) is 4.66. The molecule has 0 amide bonds. The topological polar surface area (TPSA) is 71.1 Å². The molecule has 0 bridgehead atoms. The molecule has 1 aliphatic rings. The number of nitrogens with zero attached hydrogens (tertiary/aromatic N) is 1. The predicted molar refractivity (Wildman–Crippen MR) is 121 cm³/mol. The Morgan fingerprint density at radius 1 is 1.00 bits per heavy atom. The van der Waals surface area contributed by atoms with Crippen molar-refractivity contribution in [3.63, 3.8) is 0 Å². The maximum atomic E-state index is 12.6. The van der Waals surface area contributed by atoms with E-state index in [0.29, 0.717) is 11.1 Å². The van der Waals surface area contributed by atoms with Crippen LogP contribution in [-0.4, -0.2) is 25.5 Å². The summed E-state index contributed by atoms with van der Waals surface area (Å²) in [5.41, 5.74) is 1.89. The van der Waals surface area contributed by atoms with Crippen molar-refractivity contribution in [2.45, 2.75) is 42.7 Å². The molecule has 3 aromatic rings. The van der Waals surface area contributed by atoms with E-state index in [1.54, 1.807) is 24.4 Å². The molecule has 152 valence electrons. The van der Waals surface area contributed by atoms with Crippen LogP contribution in [0, 0.1) is 0 Å². The molecule has 0 radical (unpaired) electrons. The van der Waals surface area contributed by atoms with Crippen molar-refractivity contribution in [1.82, 2.24) is 9.71 Å². The maximum Gasteiger partial charge on any atom is 0.240 e. The SMILES string of the molecule is O=S(=O)(N[C@H]1CC[C@@H](Nc2ccnc3cc(Cl)ccc23)CC1)c1cccc(Br)c1. The van der Waals surface area contributed by atoms with E-state index in [9.17, 15) is 8.42 Å². The molecule has 0 saturated heterocycles. The highest BCUT2D eigenvalue weighted by molar-refractivity contribution is 9.10. The lowest BCUT2D eigenvalue weighted by Gasteiger charge is -2.30. The monoisotopic (exact) mass is 493 g/mol. The van der Waals surface area contributed by atoms with Crippen molar-refractivity contribution in [3.05, 3.63) is 64.2 Å². The molecule has 2 N–H and O–H groups in total. The Balaban J connectivity index is 1.39. The lowest BCUT2D eigenvalue weighted by molar-refractivity contribution is 0.387. The van der Waals surface area contributed by atoms with Crippen LogP contribution >= 0.6 is 27.5 Å². The molecule has 1 aliphatic carbocycles. The van der Waals surface area contributed by atoms with Crippen LogP contribution in [0.5, 0.6) is 0 Å². The van der Waals surface area contributed by atoms with Gasteiger partial charge in [-0.05, 0) is 68.1 Å². The minimum Gasteiger partial charge on any atom is -0.382 e. The van der Waals surface area contributed by atoms with E-state index in [4.69, 9.17) is 11.6 Å². The van der Waals surface area contributed by atoms with Gasteiger partial charge in [-0.3, -0.25) is 4.98 Å². The van der Waals surface area contributed by atoms with Crippen LogP contribution in [0.15, 0.2) is 64.1 Å². The van der Waals surface area contributed by atoms with Crippen molar-refractivity contribution in [1.29, 1.82) is 0 Å². The predicted octanol–water partition coefficient (Wildman–Crippen LogP) is 5.35. The van der Waals surface area contributed by atoms with E-state index in [0.717, 1.165) is 46.7 Å². The van der Waals surface area contributed by atoms with Gasteiger partial charge >= 0.3 is 0 Å². The molecule has 8 heteroatoms. The molecule has 0 atom stereocenters. The minimum absolute atomic E-state index is 0.0509. The molecule has 2 aromatic carbocycles. The lowest BCUT2D eigenvalue weighted by Crippen LogP contribution is -2.40. The fraction of sp³-hybridized carbons (Fsp3) is 0.286. The maximum absolute atomic E-state index is 12.6. The van der Waals surface area contributed by atoms with Crippen LogP contribution in [0.3, 0.4) is 0 Å². The number of sulfonamides is 1. The Bertz CT molecular complexity index is 1130. The van der Waals surface area contributed by atoms with E-state index >= 15 is 0 Å². The van der Waals surface area contributed by atoms with Gasteiger partial charge in [0.15, 0.2) is 0 Å². The second-order valence-corrected chi connectivity index (χ2v) is 10.4. The number of fused-ring (bicyclic) bond motifs is 1. The zero-order chi connectivity index (χ0) is 20.4. The molecule has 0 aliphatic heterocycles. The lowest BCUT2D eigenvalue weighted by atomic mass is 9.91. The number of pyridine rings is 1. The second-order valence-electron chi connectivity index (χ2n) is 7.29. The summed E-state index contributed by atoms with van der Waals surface area (Å²) in [6.45, 7) is 0. The summed E-state index contributed by atoms with van der Waals surface area (Å²) >= 11 is 9.39. The highest BCUT2D eigenvalue weighted by Crippen LogP contribution is 2.28. The largest absolute Gasteiger partial charge is 0.382 e. The number of hydrogen-bond donors (Lipinski definition) is 2. The van der Waals surface area contributed by atoms with Gasteiger partial charge in [0.2, 0.25) is 10.0 Å². The van der Waals surface area contributed by atoms with Crippen LogP contribution in [0.25, 0.3) is 10.9 Å². The number of halogens is 2. The number of benzene rings is 2. The smallest absolute Gasteiger partial charge is 0.240 e. The molecule has 0 spiro atoms. The third-order valence-electron chi connectivity index (χ3n) is 5.22. The van der Waals surface area contributed by atoms with Gasteiger partial charge in [0.25, 0.3) is 0 Å². The molecule has 5 nitrogen and oxygen atoms in total. The quantitative estimate of drug-likeness (QED) is 0.501. The van der Waals surface area contributed by atoms with Crippen LogP contribution in [-0.2, 0) is 10.0 Å². The number of anilines is 1. The van der Waals surface area contributed by atoms with Gasteiger partial charge in [0.05, 0.1) is 10.4 Å². The molecular formula is C21H21BrClN3O2S. The van der Waals surface area contributed by atoms with Crippen molar-refractivity contribution < 1.29 is 8.42 Å². The summed E-state index contributed by atoms with van der Waals surface area (Å²) in [5.74, 6) is 0. The number of aromatic nitrogens is 1. The van der Waals surface area contributed by atoms with Crippen molar-refractivity contribution >= 4 is 54.1 Å². The summed E-state index contributed by atoms with van der Waals surface area (Å²) < 4.78 is 28.9. The molecule has 1 saturated carbocycles. The van der Waals surface area contributed by atoms with Crippen LogP contribution in [0.4, 0.5) is 5.69 Å². The Morgan fingerprint density at radius 3 is 2.52 bits per heavy atom. The first kappa shape index (κ1) is 20.6. The van der Waals surface area contributed by atoms with Crippen LogP contribution in [0.2, 0.25) is 5.02 Å². The fourth-order valence-electron chi connectivity index (χ4n) is 3.74. The number of hydrogen-bond acceptors (Lipinski definition) is 4. The summed E-state index contributed by atoms with van der Waals surface area (Å²) in [6.07, 6.45) is 5.14. The Kier molecular flexibility index (Phi) is 6.11. The highest BCUT2D eigenvalue weighted by Gasteiger charge is 2.26. The third kappa shape index (κ3) is 4.91. The molecule has 29 heavy (non-hydrogen) atoms. The highest BCUT2D eigenvalue weighted by atomic mass is 79.9. The van der Waals surface area contributed by atoms with Crippen LogP contribution in [0.1, 0.15) is 25.7 Å². The first-order valence-corrected chi connectivity index (χ1v) is 12.1. The molecule has 1 heterocycles. The zero-order valence-electron chi connectivity index (χ0n) is 15.6. The zero-order valence-corrected chi connectivity index (χ0v) is 18.8. The molecule has 4 rings (SSSR count). The van der Waals surface area contributed by atoms with Gasteiger partial charge in [-0.25, -0.2) is 13.1 Å². The first-order valence-electron chi connectivity index (χ1n) is 9.49. The van der Waals surface area contributed by atoms with Gasteiger partial charge < -0.3 is 5.32 Å². The van der Waals surface area contributed by atoms with Crippen LogP contribution < -0.4 is 10.0 Å². The van der Waals surface area contributed by atoms with Crippen molar-refractivity contribution in [2.75, 3.05) is 5.32 Å². The summed E-state index contributed by atoms with van der Waals surface area (Å²) in [7, 11) is -3.51. The minimum atomic E-state index is -3.51. The molecule has 0 unspecified atom stereocenters. The second kappa shape index (κ2) is 8.60. The molecule has 1 fully saturated rings. The molecular weight excluding hydrogens is 474 g/mol. The Hall–Kier alpha value is -1.67. The summed E-state index contributed by atoms with van der Waals surface area (Å²) in [6, 6.07) is 14.7. The number of rotatable bonds is 5. The van der Waals surface area contributed by atoms with E-state index in [1.807, 2.05) is 30.3 Å². The summed E-state index contributed by atoms with van der Waals surface area (Å²) in [5, 5.41) is 5.30. The first-order chi connectivity index (χ1) is 13.9. The van der Waals surface area contributed by atoms with Gasteiger partial charge in [-0.15, -0.1) is 0 Å². The van der Waals surface area contributed by atoms with E-state index < -0.39 is 10.0 Å². The average molecular weight is 495 g/mol. The Morgan fingerprint density at radius 2 is 1.76 bits per heavy atom.